The Hall–Kier alpha value is -1.61. The highest BCUT2D eigenvalue weighted by Gasteiger charge is 2.11. The molecule has 1 heterocycles. The fourth-order valence-corrected chi connectivity index (χ4v) is 1.66. The summed E-state index contributed by atoms with van der Waals surface area (Å²) in [7, 11) is 0. The van der Waals surface area contributed by atoms with Crippen LogP contribution in [0.4, 0.5) is 0 Å². The van der Waals surface area contributed by atoms with Gasteiger partial charge in [-0.25, -0.2) is 0 Å². The molecule has 0 saturated carbocycles. The second kappa shape index (κ2) is 3.87. The molecule has 0 unspecified atom stereocenters. The first-order chi connectivity index (χ1) is 7.22. The maximum Gasteiger partial charge on any atom is 0.172 e. The summed E-state index contributed by atoms with van der Waals surface area (Å²) in [6.07, 6.45) is 1.55. The monoisotopic (exact) mass is 203 g/mol. The van der Waals surface area contributed by atoms with Gasteiger partial charge in [0.2, 0.25) is 0 Å². The normalized spacial score (nSPS) is 10.6. The number of aliphatic hydroxyl groups excluding tert-OH is 1. The quantitative estimate of drug-likeness (QED) is 0.815. The SMILES string of the molecule is Cc1ccc(-c2oncc2CO)c(C)c1. The van der Waals surface area contributed by atoms with Gasteiger partial charge in [0.15, 0.2) is 5.76 Å². The highest BCUT2D eigenvalue weighted by Crippen LogP contribution is 2.27. The fraction of sp³-hybridized carbons (Fsp3) is 0.250. The van der Waals surface area contributed by atoms with Crippen molar-refractivity contribution in [1.82, 2.24) is 5.16 Å². The average Bonchev–Trinajstić information content (AvgIpc) is 2.65. The molecule has 0 saturated heterocycles. The van der Waals surface area contributed by atoms with Crippen LogP contribution in [0.2, 0.25) is 0 Å². The lowest BCUT2D eigenvalue weighted by atomic mass is 10.0. The molecule has 0 aliphatic carbocycles. The molecule has 1 aromatic heterocycles. The molecule has 0 spiro atoms. The summed E-state index contributed by atoms with van der Waals surface area (Å²) < 4.78 is 5.15. The van der Waals surface area contributed by atoms with Gasteiger partial charge >= 0.3 is 0 Å². The Bertz CT molecular complexity index is 474. The van der Waals surface area contributed by atoms with E-state index < -0.39 is 0 Å². The number of nitrogens with zero attached hydrogens (tertiary/aromatic N) is 1. The van der Waals surface area contributed by atoms with Crippen molar-refractivity contribution < 1.29 is 9.63 Å². The summed E-state index contributed by atoms with van der Waals surface area (Å²) in [5.74, 6) is 0.662. The van der Waals surface area contributed by atoms with Crippen LogP contribution in [0.1, 0.15) is 16.7 Å². The fourth-order valence-electron chi connectivity index (χ4n) is 1.66. The second-order valence-corrected chi connectivity index (χ2v) is 3.66. The predicted molar refractivity (Wildman–Crippen MR) is 57.3 cm³/mol. The van der Waals surface area contributed by atoms with Crippen LogP contribution < -0.4 is 0 Å². The highest BCUT2D eigenvalue weighted by molar-refractivity contribution is 5.65. The average molecular weight is 203 g/mol. The lowest BCUT2D eigenvalue weighted by Gasteiger charge is -2.04. The first-order valence-corrected chi connectivity index (χ1v) is 4.84. The molecule has 0 radical (unpaired) electrons. The molecule has 0 bridgehead atoms. The summed E-state index contributed by atoms with van der Waals surface area (Å²) in [5, 5.41) is 12.8. The molecule has 0 aliphatic heterocycles. The molecule has 1 aromatic carbocycles. The van der Waals surface area contributed by atoms with Crippen molar-refractivity contribution in [1.29, 1.82) is 0 Å². The van der Waals surface area contributed by atoms with Gasteiger partial charge in [-0.3, -0.25) is 0 Å². The zero-order chi connectivity index (χ0) is 10.8. The largest absolute Gasteiger partial charge is 0.391 e. The zero-order valence-electron chi connectivity index (χ0n) is 8.82. The summed E-state index contributed by atoms with van der Waals surface area (Å²) in [6, 6.07) is 6.09. The Labute approximate surface area is 88.3 Å². The molecule has 78 valence electrons. The molecule has 0 atom stereocenters. The van der Waals surface area contributed by atoms with Crippen LogP contribution in [0.25, 0.3) is 11.3 Å². The summed E-state index contributed by atoms with van der Waals surface area (Å²) in [5.41, 5.74) is 4.05. The topological polar surface area (TPSA) is 46.3 Å². The lowest BCUT2D eigenvalue weighted by molar-refractivity contribution is 0.281. The Kier molecular flexibility index (Phi) is 2.56. The van der Waals surface area contributed by atoms with Crippen molar-refractivity contribution in [3.8, 4) is 11.3 Å². The van der Waals surface area contributed by atoms with E-state index in [2.05, 4.69) is 11.2 Å². The van der Waals surface area contributed by atoms with E-state index in [1.165, 1.54) is 5.56 Å². The van der Waals surface area contributed by atoms with Crippen molar-refractivity contribution in [2.45, 2.75) is 20.5 Å². The van der Waals surface area contributed by atoms with E-state index in [-0.39, 0.29) is 6.61 Å². The van der Waals surface area contributed by atoms with Crippen LogP contribution in [-0.2, 0) is 6.61 Å². The van der Waals surface area contributed by atoms with Gasteiger partial charge in [-0.2, -0.15) is 0 Å². The van der Waals surface area contributed by atoms with E-state index in [9.17, 15) is 0 Å². The molecule has 3 heteroatoms. The third-order valence-corrected chi connectivity index (χ3v) is 2.44. The molecule has 1 N–H and O–H groups in total. The van der Waals surface area contributed by atoms with E-state index in [0.717, 1.165) is 16.7 Å². The van der Waals surface area contributed by atoms with Crippen molar-refractivity contribution in [3.05, 3.63) is 41.1 Å². The summed E-state index contributed by atoms with van der Waals surface area (Å²) in [6.45, 7) is 4.02. The number of aliphatic hydroxyl groups is 1. The van der Waals surface area contributed by atoms with Crippen LogP contribution in [-0.4, -0.2) is 10.3 Å². The minimum Gasteiger partial charge on any atom is -0.391 e. The molecular formula is C12H13NO2. The molecule has 2 aromatic rings. The maximum absolute atomic E-state index is 9.11. The van der Waals surface area contributed by atoms with Crippen molar-refractivity contribution in [2.24, 2.45) is 0 Å². The van der Waals surface area contributed by atoms with Crippen LogP contribution in [0, 0.1) is 13.8 Å². The predicted octanol–water partition coefficient (Wildman–Crippen LogP) is 2.45. The Balaban J connectivity index is 2.54. The second-order valence-electron chi connectivity index (χ2n) is 3.66. The molecular weight excluding hydrogens is 190 g/mol. The van der Waals surface area contributed by atoms with Crippen molar-refractivity contribution in [2.75, 3.05) is 0 Å². The Morgan fingerprint density at radius 2 is 2.13 bits per heavy atom. The van der Waals surface area contributed by atoms with E-state index in [1.54, 1.807) is 6.20 Å². The minimum atomic E-state index is -0.0495. The first kappa shape index (κ1) is 9.93. The van der Waals surface area contributed by atoms with Gasteiger partial charge < -0.3 is 9.63 Å². The van der Waals surface area contributed by atoms with Crippen LogP contribution in [0.5, 0.6) is 0 Å². The smallest absolute Gasteiger partial charge is 0.172 e. The third-order valence-electron chi connectivity index (χ3n) is 2.44. The van der Waals surface area contributed by atoms with Gasteiger partial charge in [-0.1, -0.05) is 28.9 Å². The zero-order valence-corrected chi connectivity index (χ0v) is 8.82. The molecule has 0 amide bonds. The first-order valence-electron chi connectivity index (χ1n) is 4.84. The maximum atomic E-state index is 9.11. The van der Waals surface area contributed by atoms with Gasteiger partial charge in [-0.05, 0) is 19.4 Å². The number of hydrogen-bond acceptors (Lipinski definition) is 3. The molecule has 2 rings (SSSR count). The Morgan fingerprint density at radius 1 is 1.33 bits per heavy atom. The lowest BCUT2D eigenvalue weighted by Crippen LogP contribution is -1.87. The van der Waals surface area contributed by atoms with Gasteiger partial charge in [0, 0.05) is 11.1 Å². The number of aryl methyl sites for hydroxylation is 2. The van der Waals surface area contributed by atoms with E-state index in [1.807, 2.05) is 26.0 Å². The number of hydrogen-bond donors (Lipinski definition) is 1. The van der Waals surface area contributed by atoms with Crippen LogP contribution in [0.3, 0.4) is 0 Å². The van der Waals surface area contributed by atoms with Gasteiger partial charge in [0.05, 0.1) is 12.8 Å². The molecule has 3 nitrogen and oxygen atoms in total. The highest BCUT2D eigenvalue weighted by atomic mass is 16.5. The van der Waals surface area contributed by atoms with E-state index >= 15 is 0 Å². The summed E-state index contributed by atoms with van der Waals surface area (Å²) in [4.78, 5) is 0. The van der Waals surface area contributed by atoms with Crippen molar-refractivity contribution >= 4 is 0 Å². The van der Waals surface area contributed by atoms with Crippen LogP contribution in [0.15, 0.2) is 28.9 Å². The molecule has 15 heavy (non-hydrogen) atoms. The minimum absolute atomic E-state index is 0.0495. The molecule has 0 aliphatic rings. The number of aromatic nitrogens is 1. The van der Waals surface area contributed by atoms with Crippen molar-refractivity contribution in [3.63, 3.8) is 0 Å². The Morgan fingerprint density at radius 3 is 2.80 bits per heavy atom. The van der Waals surface area contributed by atoms with Gasteiger partial charge in [-0.15, -0.1) is 0 Å². The van der Waals surface area contributed by atoms with Crippen LogP contribution >= 0.6 is 0 Å². The number of benzene rings is 1. The third kappa shape index (κ3) is 1.78. The van der Waals surface area contributed by atoms with E-state index in [4.69, 9.17) is 9.63 Å². The summed E-state index contributed by atoms with van der Waals surface area (Å²) >= 11 is 0. The van der Waals surface area contributed by atoms with Gasteiger partial charge in [0.25, 0.3) is 0 Å². The van der Waals surface area contributed by atoms with Gasteiger partial charge in [0.1, 0.15) is 0 Å². The standard InChI is InChI=1S/C12H13NO2/c1-8-3-4-11(9(2)5-8)12-10(7-14)6-13-15-12/h3-6,14H,7H2,1-2H3. The molecule has 0 fully saturated rings. The number of rotatable bonds is 2. The van der Waals surface area contributed by atoms with E-state index in [0.29, 0.717) is 5.76 Å².